The Morgan fingerprint density at radius 2 is 1.08 bits per heavy atom. The van der Waals surface area contributed by atoms with Gasteiger partial charge in [0.2, 0.25) is 11.8 Å². The standard InChI is InChI=1S/C39H39N9O4.C31H31N9O3/c1-46(30-9-10-30)20-3-4-35(49)47-21-17-29(25-47)43-37-36-33(16-19-42-38(36)48(45-37)24-26-5-11-31(51-2)12-6-26)52-32-13-7-28(8-14-32)39(50)44-34-22-27(23-40)15-18-41-34;1-39(23-6-7-23)15-2-3-27(41)40-16-12-22(19-40)35-30-28-25(11-14-34-29(28)37-38-30)43-24-8-4-21(5-9-24)31(42)36-26-17-20(18-32)10-13-33-26/h3-8,11-16,18-19,22,29-30H,9-10,17,20-21,24-25H2,1-2H3,(H,43,45)(H,41,44,50);2-5,8-11,13-14,17,22-23H,6-7,12,15-16,19H2,1H3,(H,33,36,42)(H2,34,35,37,38)/b4-3+;3-2+/t29-;22-/m11/s1. The number of hydrogen-bond donors (Lipinski definition) is 5. The molecule has 3 aromatic carbocycles. The maximum Gasteiger partial charge on any atom is 0.256 e. The zero-order chi connectivity index (χ0) is 65.8. The summed E-state index contributed by atoms with van der Waals surface area (Å²) in [4.78, 5) is 76.8. The first-order chi connectivity index (χ1) is 46.3. The largest absolute Gasteiger partial charge is 0.497 e. The van der Waals surface area contributed by atoms with Crippen molar-refractivity contribution in [2.24, 2.45) is 0 Å². The second-order valence-electron chi connectivity index (χ2n) is 23.7. The first kappa shape index (κ1) is 63.6. The maximum absolute atomic E-state index is 13.0. The van der Waals surface area contributed by atoms with Crippen LogP contribution < -0.4 is 35.5 Å². The van der Waals surface area contributed by atoms with E-state index < -0.39 is 0 Å². The summed E-state index contributed by atoms with van der Waals surface area (Å²) in [6, 6.07) is 36.3. The second-order valence-corrected chi connectivity index (χ2v) is 23.7. The third kappa shape index (κ3) is 16.2. The summed E-state index contributed by atoms with van der Waals surface area (Å²) in [6.07, 6.45) is 20.0. The average Bonchev–Trinajstić information content (AvgIpc) is 1.64. The molecule has 95 heavy (non-hydrogen) atoms. The van der Waals surface area contributed by atoms with Gasteiger partial charge in [-0.2, -0.15) is 20.7 Å². The number of pyridine rings is 4. The predicted molar refractivity (Wildman–Crippen MR) is 357 cm³/mol. The molecule has 8 heterocycles. The fourth-order valence-electron chi connectivity index (χ4n) is 11.2. The summed E-state index contributed by atoms with van der Waals surface area (Å²) in [5, 5.41) is 44.4. The number of ether oxygens (including phenoxy) is 3. The van der Waals surface area contributed by atoms with Crippen molar-refractivity contribution in [3.63, 3.8) is 0 Å². The number of likely N-dealkylation sites (N-methyl/N-ethyl adjacent to an activating group) is 2. The van der Waals surface area contributed by atoms with Crippen molar-refractivity contribution in [2.45, 2.75) is 69.2 Å². The van der Waals surface area contributed by atoms with Crippen molar-refractivity contribution in [2.75, 3.05) is 81.7 Å². The number of H-pyrrole nitrogens is 1. The van der Waals surface area contributed by atoms with Crippen molar-refractivity contribution >= 4 is 69.0 Å². The number of amides is 4. The molecule has 482 valence electrons. The van der Waals surface area contributed by atoms with Crippen LogP contribution in [0.3, 0.4) is 0 Å². The Balaban J connectivity index is 0.000000185. The summed E-state index contributed by atoms with van der Waals surface area (Å²) < 4.78 is 19.8. The van der Waals surface area contributed by atoms with E-state index in [2.05, 4.69) is 70.3 Å². The normalized spacial score (nSPS) is 16.0. The highest BCUT2D eigenvalue weighted by Crippen LogP contribution is 2.37. The van der Waals surface area contributed by atoms with Gasteiger partial charge in [-0.25, -0.2) is 24.6 Å². The zero-order valence-electron chi connectivity index (χ0n) is 52.7. The molecular formula is C70H70N18O7. The fraction of sp³-hybridized carbons (Fsp3) is 0.286. The Kier molecular flexibility index (Phi) is 19.7. The number of carbonyl (C=O) groups excluding carboxylic acids is 4. The molecule has 2 saturated heterocycles. The molecule has 0 bridgehead atoms. The lowest BCUT2D eigenvalue weighted by atomic mass is 10.2. The minimum atomic E-state index is -0.364. The van der Waals surface area contributed by atoms with Crippen LogP contribution in [0, 0.1) is 22.7 Å². The minimum absolute atomic E-state index is 0.0122. The van der Waals surface area contributed by atoms with Crippen LogP contribution in [0.15, 0.2) is 158 Å². The quantitative estimate of drug-likeness (QED) is 0.0372. The predicted octanol–water partition coefficient (Wildman–Crippen LogP) is 9.40. The second kappa shape index (κ2) is 29.4. The Morgan fingerprint density at radius 1 is 0.600 bits per heavy atom. The van der Waals surface area contributed by atoms with Crippen LogP contribution in [-0.2, 0) is 16.1 Å². The molecule has 4 fully saturated rings. The van der Waals surface area contributed by atoms with Gasteiger partial charge in [-0.15, -0.1) is 0 Å². The number of likely N-dealkylation sites (tertiary alicyclic amines) is 2. The SMILES string of the molecule is CN(C/C=C/C(=O)N1CC[C@@H](Nc2n[nH]c3nccc(Oc4ccc(C(=O)Nc5cc(C#N)ccn5)cc4)c23)C1)C1CC1.COc1ccc(Cn2nc(N[C@@H]3CCN(C(=O)/C=C/CN(C)C4CC4)C3)c3c(Oc4ccc(C(=O)Nc5cc(C#N)ccn5)cc4)ccnc32)cc1. The number of nitrogens with zero attached hydrogens (tertiary/aromatic N) is 13. The number of methoxy groups -OCH3 is 1. The number of hydrogen-bond acceptors (Lipinski definition) is 19. The van der Waals surface area contributed by atoms with Crippen molar-refractivity contribution in [1.29, 1.82) is 10.5 Å². The van der Waals surface area contributed by atoms with E-state index in [9.17, 15) is 19.2 Å². The number of nitriles is 2. The topological polar surface area (TPSA) is 303 Å². The number of carbonyl (C=O) groups is 4. The van der Waals surface area contributed by atoms with E-state index in [4.69, 9.17) is 34.8 Å². The molecule has 9 aromatic rings. The van der Waals surface area contributed by atoms with Crippen LogP contribution in [-0.4, -0.2) is 168 Å². The highest BCUT2D eigenvalue weighted by atomic mass is 16.5. The van der Waals surface area contributed by atoms with Crippen molar-refractivity contribution in [1.82, 2.24) is 59.5 Å². The molecule has 4 aliphatic rings. The third-order valence-corrected chi connectivity index (χ3v) is 16.8. The Bertz CT molecular complexity index is 4400. The lowest BCUT2D eigenvalue weighted by Crippen LogP contribution is -2.30. The van der Waals surface area contributed by atoms with Gasteiger partial charge in [0.1, 0.15) is 51.2 Å². The van der Waals surface area contributed by atoms with Gasteiger partial charge in [0.25, 0.3) is 11.8 Å². The van der Waals surface area contributed by atoms with Gasteiger partial charge in [-0.3, -0.25) is 34.1 Å². The van der Waals surface area contributed by atoms with Crippen molar-refractivity contribution in [3.8, 4) is 40.9 Å². The monoisotopic (exact) mass is 1270 g/mol. The van der Waals surface area contributed by atoms with Gasteiger partial charge in [0.15, 0.2) is 22.9 Å². The van der Waals surface area contributed by atoms with Gasteiger partial charge in [-0.05, 0) is 143 Å². The van der Waals surface area contributed by atoms with E-state index in [1.165, 1.54) is 50.2 Å². The average molecular weight is 1280 g/mol. The van der Waals surface area contributed by atoms with Crippen LogP contribution in [0.25, 0.3) is 22.1 Å². The van der Waals surface area contributed by atoms with Crippen LogP contribution >= 0.6 is 0 Å². The van der Waals surface area contributed by atoms with Crippen LogP contribution in [0.1, 0.15) is 75.9 Å². The molecule has 0 spiro atoms. The number of anilines is 4. The van der Waals surface area contributed by atoms with Gasteiger partial charge in [0, 0.05) is 124 Å². The molecule has 2 aliphatic heterocycles. The summed E-state index contributed by atoms with van der Waals surface area (Å²) >= 11 is 0. The highest BCUT2D eigenvalue weighted by molar-refractivity contribution is 6.05. The number of benzene rings is 3. The number of fused-ring (bicyclic) bond motifs is 2. The first-order valence-electron chi connectivity index (χ1n) is 31.4. The van der Waals surface area contributed by atoms with Crippen LogP contribution in [0.5, 0.6) is 28.7 Å². The van der Waals surface area contributed by atoms with E-state index in [1.54, 1.807) is 104 Å². The number of rotatable bonds is 23. The molecular weight excluding hydrogens is 1200 g/mol. The van der Waals surface area contributed by atoms with Gasteiger partial charge >= 0.3 is 0 Å². The van der Waals surface area contributed by atoms with Crippen molar-refractivity contribution in [3.05, 3.63) is 186 Å². The minimum Gasteiger partial charge on any atom is -0.497 e. The van der Waals surface area contributed by atoms with Gasteiger partial charge in [0.05, 0.1) is 36.9 Å². The van der Waals surface area contributed by atoms with E-state index in [0.29, 0.717) is 130 Å². The zero-order valence-corrected chi connectivity index (χ0v) is 52.7. The van der Waals surface area contributed by atoms with Gasteiger partial charge < -0.3 is 45.3 Å². The van der Waals surface area contributed by atoms with E-state index in [1.807, 2.05) is 63.0 Å². The molecule has 25 heteroatoms. The summed E-state index contributed by atoms with van der Waals surface area (Å²) in [6.45, 7) is 4.45. The lowest BCUT2D eigenvalue weighted by molar-refractivity contribution is -0.125. The van der Waals surface area contributed by atoms with Crippen LogP contribution in [0.2, 0.25) is 0 Å². The maximum atomic E-state index is 13.0. The summed E-state index contributed by atoms with van der Waals surface area (Å²) in [5.41, 5.74) is 3.83. The molecule has 13 rings (SSSR count). The smallest absolute Gasteiger partial charge is 0.256 e. The first-order valence-corrected chi connectivity index (χ1v) is 31.4. The number of nitrogens with one attached hydrogen (secondary N) is 5. The molecule has 4 amide bonds. The molecule has 2 saturated carbocycles. The molecule has 6 aromatic heterocycles. The third-order valence-electron chi connectivity index (χ3n) is 16.8. The number of aromatic nitrogens is 8. The summed E-state index contributed by atoms with van der Waals surface area (Å²) in [5.74, 6) is 4.00. The molecule has 25 nitrogen and oxygen atoms in total. The fourth-order valence-corrected chi connectivity index (χ4v) is 11.2. The lowest BCUT2D eigenvalue weighted by Gasteiger charge is -2.16. The molecule has 2 aliphatic carbocycles. The molecule has 5 N–H and O–H groups in total. The van der Waals surface area contributed by atoms with E-state index in [0.717, 1.165) is 37.2 Å². The number of aromatic amines is 1. The Morgan fingerprint density at radius 3 is 1.59 bits per heavy atom. The van der Waals surface area contributed by atoms with Crippen LogP contribution in [0.4, 0.5) is 23.3 Å². The summed E-state index contributed by atoms with van der Waals surface area (Å²) in [7, 11) is 5.83. The van der Waals surface area contributed by atoms with E-state index in [-0.39, 0.29) is 41.5 Å². The van der Waals surface area contributed by atoms with Crippen molar-refractivity contribution < 1.29 is 33.4 Å². The molecule has 0 unspecified atom stereocenters. The van der Waals surface area contributed by atoms with Gasteiger partial charge in [-0.1, -0.05) is 24.3 Å². The highest BCUT2D eigenvalue weighted by Gasteiger charge is 2.31. The Hall–Kier alpha value is -11.5. The molecule has 0 radical (unpaired) electrons. The van der Waals surface area contributed by atoms with E-state index >= 15 is 0 Å². The Labute approximate surface area is 548 Å². The molecule has 2 atom stereocenters.